The molecule has 1 aliphatic carbocycles. The van der Waals surface area contributed by atoms with Gasteiger partial charge in [0, 0.05) is 24.9 Å². The molecule has 0 atom stereocenters. The van der Waals surface area contributed by atoms with Crippen molar-refractivity contribution in [1.29, 1.82) is 0 Å². The number of unbranched alkanes of at least 4 members (excludes halogenated alkanes) is 3. The van der Waals surface area contributed by atoms with Gasteiger partial charge in [0.25, 0.3) is 0 Å². The molecule has 0 aromatic heterocycles. The fourth-order valence-electron chi connectivity index (χ4n) is 3.11. The van der Waals surface area contributed by atoms with Gasteiger partial charge in [-0.1, -0.05) is 43.2 Å². The molecule has 144 valence electrons. The number of nitrogens with one attached hydrogen (secondary N) is 2. The van der Waals surface area contributed by atoms with Crippen LogP contribution in [0.3, 0.4) is 0 Å². The molecule has 2 N–H and O–H groups in total. The molecule has 1 aromatic rings. The highest BCUT2D eigenvalue weighted by atomic mass is 16.5. The second-order valence-corrected chi connectivity index (χ2v) is 7.01. The molecule has 1 saturated carbocycles. The maximum absolute atomic E-state index is 11.1. The van der Waals surface area contributed by atoms with Gasteiger partial charge in [-0.2, -0.15) is 0 Å². The summed E-state index contributed by atoms with van der Waals surface area (Å²) in [5.74, 6) is 0.793. The van der Waals surface area contributed by atoms with Crippen LogP contribution in [0.15, 0.2) is 35.3 Å². The fraction of sp³-hybridized carbons (Fsp3) is 0.619. The highest BCUT2D eigenvalue weighted by Crippen LogP contribution is 2.48. The Bertz CT molecular complexity index is 568. The zero-order valence-corrected chi connectivity index (χ0v) is 16.2. The molecule has 0 amide bonds. The second kappa shape index (κ2) is 10.8. The normalized spacial score (nSPS) is 15.4. The summed E-state index contributed by atoms with van der Waals surface area (Å²) in [6.45, 7) is 4.70. The molecule has 5 nitrogen and oxygen atoms in total. The maximum atomic E-state index is 11.1. The molecule has 26 heavy (non-hydrogen) atoms. The number of carbonyl (C=O) groups is 1. The molecule has 0 heterocycles. The van der Waals surface area contributed by atoms with Gasteiger partial charge in [0.2, 0.25) is 0 Å². The lowest BCUT2D eigenvalue weighted by Crippen LogP contribution is -2.38. The summed E-state index contributed by atoms with van der Waals surface area (Å²) < 4.78 is 4.65. The summed E-state index contributed by atoms with van der Waals surface area (Å²) in [4.78, 5) is 15.9. The van der Waals surface area contributed by atoms with Crippen molar-refractivity contribution in [1.82, 2.24) is 10.6 Å². The largest absolute Gasteiger partial charge is 0.469 e. The van der Waals surface area contributed by atoms with E-state index in [1.807, 2.05) is 0 Å². The third kappa shape index (κ3) is 6.70. The Morgan fingerprint density at radius 1 is 1.12 bits per heavy atom. The van der Waals surface area contributed by atoms with E-state index in [-0.39, 0.29) is 11.4 Å². The van der Waals surface area contributed by atoms with Crippen LogP contribution < -0.4 is 10.6 Å². The molecule has 0 unspecified atom stereocenters. The van der Waals surface area contributed by atoms with Crippen LogP contribution >= 0.6 is 0 Å². The summed E-state index contributed by atoms with van der Waals surface area (Å²) in [6.07, 6.45) is 7.12. The van der Waals surface area contributed by atoms with E-state index in [0.717, 1.165) is 51.3 Å². The van der Waals surface area contributed by atoms with E-state index in [4.69, 9.17) is 4.99 Å². The van der Waals surface area contributed by atoms with Gasteiger partial charge >= 0.3 is 5.97 Å². The molecule has 0 spiro atoms. The van der Waals surface area contributed by atoms with Gasteiger partial charge in [0.15, 0.2) is 5.96 Å². The third-order valence-corrected chi connectivity index (χ3v) is 4.95. The Kier molecular flexibility index (Phi) is 8.45. The average Bonchev–Trinajstić information content (AvgIpc) is 3.47. The molecular weight excluding hydrogens is 326 g/mol. The standard InChI is InChI=1S/C21H33N3O2/c1-3-22-20(23-16-10-5-4-9-13-19(25)26-2)24-17-21(14-15-21)18-11-7-6-8-12-18/h6-8,11-12H,3-5,9-10,13-17H2,1-2H3,(H2,22,23,24). The number of nitrogens with zero attached hydrogens (tertiary/aromatic N) is 1. The molecule has 0 bridgehead atoms. The van der Waals surface area contributed by atoms with Crippen molar-refractivity contribution in [2.75, 3.05) is 26.7 Å². The van der Waals surface area contributed by atoms with E-state index in [1.54, 1.807) is 0 Å². The zero-order valence-electron chi connectivity index (χ0n) is 16.2. The predicted molar refractivity (Wildman–Crippen MR) is 106 cm³/mol. The lowest BCUT2D eigenvalue weighted by atomic mass is 9.96. The van der Waals surface area contributed by atoms with Gasteiger partial charge in [-0.05, 0) is 38.2 Å². The number of benzene rings is 1. The van der Waals surface area contributed by atoms with Crippen molar-refractivity contribution in [3.05, 3.63) is 35.9 Å². The van der Waals surface area contributed by atoms with Gasteiger partial charge in [-0.25, -0.2) is 0 Å². The Morgan fingerprint density at radius 2 is 1.85 bits per heavy atom. The van der Waals surface area contributed by atoms with Crippen LogP contribution in [0.2, 0.25) is 0 Å². The number of guanidine groups is 1. The van der Waals surface area contributed by atoms with E-state index in [0.29, 0.717) is 6.42 Å². The van der Waals surface area contributed by atoms with Crippen LogP contribution in [0.4, 0.5) is 0 Å². The first-order valence-corrected chi connectivity index (χ1v) is 9.85. The van der Waals surface area contributed by atoms with Crippen LogP contribution in [0.1, 0.15) is 57.4 Å². The van der Waals surface area contributed by atoms with Gasteiger partial charge in [0.05, 0.1) is 13.7 Å². The maximum Gasteiger partial charge on any atom is 0.305 e. The first-order valence-electron chi connectivity index (χ1n) is 9.85. The summed E-state index contributed by atoms with van der Waals surface area (Å²) >= 11 is 0. The minimum Gasteiger partial charge on any atom is -0.469 e. The monoisotopic (exact) mass is 359 g/mol. The highest BCUT2D eigenvalue weighted by molar-refractivity contribution is 5.79. The molecule has 0 radical (unpaired) electrons. The first-order chi connectivity index (χ1) is 12.7. The number of hydrogen-bond donors (Lipinski definition) is 2. The number of ether oxygens (including phenoxy) is 1. The van der Waals surface area contributed by atoms with E-state index >= 15 is 0 Å². The smallest absolute Gasteiger partial charge is 0.305 e. The van der Waals surface area contributed by atoms with E-state index in [2.05, 4.69) is 52.6 Å². The molecule has 1 fully saturated rings. The van der Waals surface area contributed by atoms with Gasteiger partial charge in [0.1, 0.15) is 0 Å². The average molecular weight is 360 g/mol. The summed E-state index contributed by atoms with van der Waals surface area (Å²) in [5.41, 5.74) is 1.66. The molecule has 1 aliphatic rings. The fourth-order valence-corrected chi connectivity index (χ4v) is 3.11. The van der Waals surface area contributed by atoms with Crippen molar-refractivity contribution < 1.29 is 9.53 Å². The number of methoxy groups -OCH3 is 1. The minimum atomic E-state index is -0.114. The summed E-state index contributed by atoms with van der Waals surface area (Å²) in [5, 5.41) is 6.77. The Labute approximate surface area is 157 Å². The summed E-state index contributed by atoms with van der Waals surface area (Å²) in [7, 11) is 1.44. The molecule has 5 heteroatoms. The Morgan fingerprint density at radius 3 is 2.50 bits per heavy atom. The number of rotatable bonds is 11. The van der Waals surface area contributed by atoms with Gasteiger partial charge < -0.3 is 15.4 Å². The van der Waals surface area contributed by atoms with Crippen molar-refractivity contribution in [2.24, 2.45) is 4.99 Å². The molecule has 0 saturated heterocycles. The van der Waals surface area contributed by atoms with Crippen LogP contribution in [0.25, 0.3) is 0 Å². The number of carbonyl (C=O) groups excluding carboxylic acids is 1. The molecular formula is C21H33N3O2. The SMILES string of the molecule is CCNC(=NCC1(c2ccccc2)CC1)NCCCCCCC(=O)OC. The van der Waals surface area contributed by atoms with E-state index in [1.165, 1.54) is 25.5 Å². The zero-order chi connectivity index (χ0) is 18.7. The van der Waals surface area contributed by atoms with Crippen molar-refractivity contribution in [2.45, 2.75) is 57.3 Å². The number of hydrogen-bond acceptors (Lipinski definition) is 3. The van der Waals surface area contributed by atoms with Gasteiger partial charge in [-0.15, -0.1) is 0 Å². The number of esters is 1. The van der Waals surface area contributed by atoms with Crippen molar-refractivity contribution >= 4 is 11.9 Å². The van der Waals surface area contributed by atoms with Crippen LogP contribution in [-0.4, -0.2) is 38.7 Å². The van der Waals surface area contributed by atoms with E-state index in [9.17, 15) is 4.79 Å². The van der Waals surface area contributed by atoms with E-state index < -0.39 is 0 Å². The minimum absolute atomic E-state index is 0.114. The molecule has 1 aromatic carbocycles. The second-order valence-electron chi connectivity index (χ2n) is 7.01. The summed E-state index contributed by atoms with van der Waals surface area (Å²) in [6, 6.07) is 10.7. The van der Waals surface area contributed by atoms with Gasteiger partial charge in [-0.3, -0.25) is 9.79 Å². The lowest BCUT2D eigenvalue weighted by molar-refractivity contribution is -0.140. The topological polar surface area (TPSA) is 62.7 Å². The number of aliphatic imine (C=N–C) groups is 1. The quantitative estimate of drug-likeness (QED) is 0.275. The Hall–Kier alpha value is -2.04. The van der Waals surface area contributed by atoms with Crippen molar-refractivity contribution in [3.8, 4) is 0 Å². The highest BCUT2D eigenvalue weighted by Gasteiger charge is 2.43. The van der Waals surface area contributed by atoms with Crippen molar-refractivity contribution in [3.63, 3.8) is 0 Å². The lowest BCUT2D eigenvalue weighted by Gasteiger charge is -2.16. The van der Waals surface area contributed by atoms with Crippen LogP contribution in [0.5, 0.6) is 0 Å². The Balaban J connectivity index is 1.69. The molecule has 0 aliphatic heterocycles. The third-order valence-electron chi connectivity index (χ3n) is 4.95. The van der Waals surface area contributed by atoms with Crippen LogP contribution in [0, 0.1) is 0 Å². The first kappa shape index (κ1) is 20.3. The molecule has 2 rings (SSSR count). The predicted octanol–water partition coefficient (Wildman–Crippen LogP) is 3.40. The van der Waals surface area contributed by atoms with Crippen LogP contribution in [-0.2, 0) is 14.9 Å².